The lowest BCUT2D eigenvalue weighted by Gasteiger charge is -2.14. The summed E-state index contributed by atoms with van der Waals surface area (Å²) in [5.74, 6) is -0.208. The van der Waals surface area contributed by atoms with Crippen LogP contribution in [0.2, 0.25) is 0 Å². The number of nitrogens with zero attached hydrogens (tertiary/aromatic N) is 1. The number of nitrogens with two attached hydrogens (primary N) is 1. The van der Waals surface area contributed by atoms with Crippen molar-refractivity contribution in [1.29, 1.82) is 0 Å². The van der Waals surface area contributed by atoms with E-state index in [0.717, 1.165) is 17.7 Å². The smallest absolute Gasteiger partial charge is 0.324 e. The Morgan fingerprint density at radius 1 is 1.58 bits per heavy atom. The lowest BCUT2D eigenvalue weighted by molar-refractivity contribution is -0.127. The monoisotopic (exact) mass is 169 g/mol. The standard InChI is InChI=1S/C7H11N3O2/c1-10-5(11)4(9-6(10)12)7(8)2-3-7/h4H,2-3,8H2,1H3,(H,9,12). The Labute approximate surface area is 69.9 Å². The van der Waals surface area contributed by atoms with Gasteiger partial charge in [-0.25, -0.2) is 4.79 Å². The fourth-order valence-electron chi connectivity index (χ4n) is 1.40. The number of likely N-dealkylation sites (N-methyl/N-ethyl adjacent to an activating group) is 1. The van der Waals surface area contributed by atoms with Gasteiger partial charge in [-0.1, -0.05) is 0 Å². The molecule has 1 atom stereocenters. The van der Waals surface area contributed by atoms with Gasteiger partial charge in [-0.2, -0.15) is 0 Å². The molecule has 2 aliphatic rings. The molecule has 3 amide bonds. The van der Waals surface area contributed by atoms with E-state index < -0.39 is 11.6 Å². The average molecular weight is 169 g/mol. The normalized spacial score (nSPS) is 32.2. The van der Waals surface area contributed by atoms with E-state index in [1.807, 2.05) is 0 Å². The molecule has 5 heteroatoms. The summed E-state index contributed by atoms with van der Waals surface area (Å²) in [6, 6.07) is -0.836. The third-order valence-corrected chi connectivity index (χ3v) is 2.55. The van der Waals surface area contributed by atoms with Crippen LogP contribution in [0.1, 0.15) is 12.8 Å². The molecule has 0 spiro atoms. The molecule has 0 aromatic heterocycles. The number of urea groups is 1. The number of nitrogens with one attached hydrogen (secondary N) is 1. The van der Waals surface area contributed by atoms with Crippen molar-refractivity contribution in [1.82, 2.24) is 10.2 Å². The fraction of sp³-hybridized carbons (Fsp3) is 0.714. The summed E-state index contributed by atoms with van der Waals surface area (Å²) in [4.78, 5) is 23.5. The first-order valence-electron chi connectivity index (χ1n) is 3.91. The van der Waals surface area contributed by atoms with Crippen LogP contribution in [0.4, 0.5) is 4.79 Å². The van der Waals surface area contributed by atoms with Gasteiger partial charge in [-0.05, 0) is 12.8 Å². The first-order chi connectivity index (χ1) is 5.54. The number of imide groups is 1. The molecule has 1 aliphatic heterocycles. The van der Waals surface area contributed by atoms with Gasteiger partial charge in [0, 0.05) is 12.6 Å². The van der Waals surface area contributed by atoms with Crippen LogP contribution in [-0.2, 0) is 4.79 Å². The van der Waals surface area contributed by atoms with Crippen molar-refractivity contribution in [2.24, 2.45) is 5.73 Å². The summed E-state index contributed by atoms with van der Waals surface area (Å²) in [6.07, 6.45) is 1.63. The minimum Gasteiger partial charge on any atom is -0.324 e. The van der Waals surface area contributed by atoms with E-state index >= 15 is 0 Å². The zero-order valence-electron chi connectivity index (χ0n) is 6.83. The number of hydrogen-bond acceptors (Lipinski definition) is 3. The molecule has 0 bridgehead atoms. The third-order valence-electron chi connectivity index (χ3n) is 2.55. The van der Waals surface area contributed by atoms with Crippen LogP contribution < -0.4 is 11.1 Å². The Bertz CT molecular complexity index is 259. The summed E-state index contributed by atoms with van der Waals surface area (Å²) in [5.41, 5.74) is 5.34. The van der Waals surface area contributed by atoms with Crippen LogP contribution in [0.3, 0.4) is 0 Å². The van der Waals surface area contributed by atoms with Crippen LogP contribution in [-0.4, -0.2) is 35.5 Å². The van der Waals surface area contributed by atoms with Crippen LogP contribution in [0.15, 0.2) is 0 Å². The average Bonchev–Trinajstić information content (AvgIpc) is 2.71. The van der Waals surface area contributed by atoms with Crippen molar-refractivity contribution in [2.45, 2.75) is 24.4 Å². The van der Waals surface area contributed by atoms with Crippen molar-refractivity contribution in [3.8, 4) is 0 Å². The number of hydrogen-bond donors (Lipinski definition) is 2. The zero-order valence-corrected chi connectivity index (χ0v) is 6.83. The van der Waals surface area contributed by atoms with Crippen LogP contribution in [0, 0.1) is 0 Å². The van der Waals surface area contributed by atoms with Crippen LogP contribution in [0.25, 0.3) is 0 Å². The summed E-state index contributed by atoms with van der Waals surface area (Å²) in [7, 11) is 1.46. The van der Waals surface area contributed by atoms with Gasteiger partial charge < -0.3 is 11.1 Å². The first kappa shape index (κ1) is 7.54. The van der Waals surface area contributed by atoms with Gasteiger partial charge in [-0.3, -0.25) is 9.69 Å². The number of carbonyl (C=O) groups is 2. The van der Waals surface area contributed by atoms with E-state index in [4.69, 9.17) is 5.73 Å². The molecule has 1 aliphatic carbocycles. The van der Waals surface area contributed by atoms with E-state index in [2.05, 4.69) is 5.32 Å². The minimum atomic E-state index is -0.491. The highest BCUT2D eigenvalue weighted by Gasteiger charge is 2.54. The molecule has 66 valence electrons. The second kappa shape index (κ2) is 1.98. The van der Waals surface area contributed by atoms with Crippen molar-refractivity contribution in [2.75, 3.05) is 7.05 Å². The van der Waals surface area contributed by atoms with Gasteiger partial charge >= 0.3 is 6.03 Å². The zero-order chi connectivity index (χ0) is 8.93. The Hall–Kier alpha value is -1.10. The number of amides is 3. The predicted octanol–water partition coefficient (Wildman–Crippen LogP) is -0.972. The highest BCUT2D eigenvalue weighted by Crippen LogP contribution is 2.37. The van der Waals surface area contributed by atoms with Crippen molar-refractivity contribution >= 4 is 11.9 Å². The van der Waals surface area contributed by atoms with Gasteiger partial charge in [0.2, 0.25) is 0 Å². The Morgan fingerprint density at radius 3 is 2.50 bits per heavy atom. The second-order valence-electron chi connectivity index (χ2n) is 3.51. The second-order valence-corrected chi connectivity index (χ2v) is 3.51. The van der Waals surface area contributed by atoms with E-state index in [-0.39, 0.29) is 11.9 Å². The maximum Gasteiger partial charge on any atom is 0.324 e. The first-order valence-corrected chi connectivity index (χ1v) is 3.91. The number of rotatable bonds is 1. The lowest BCUT2D eigenvalue weighted by atomic mass is 10.1. The molecule has 1 saturated carbocycles. The van der Waals surface area contributed by atoms with E-state index in [1.54, 1.807) is 0 Å². The fourth-order valence-corrected chi connectivity index (χ4v) is 1.40. The summed E-state index contributed by atoms with van der Waals surface area (Å²) in [6.45, 7) is 0. The Balaban J connectivity index is 2.20. The molecule has 3 N–H and O–H groups in total. The van der Waals surface area contributed by atoms with Crippen molar-refractivity contribution < 1.29 is 9.59 Å². The molecular weight excluding hydrogens is 158 g/mol. The maximum absolute atomic E-state index is 11.4. The molecule has 5 nitrogen and oxygen atoms in total. The molecule has 1 saturated heterocycles. The van der Waals surface area contributed by atoms with E-state index in [9.17, 15) is 9.59 Å². The number of carbonyl (C=O) groups excluding carboxylic acids is 2. The molecule has 0 radical (unpaired) electrons. The third kappa shape index (κ3) is 0.828. The topological polar surface area (TPSA) is 75.4 Å². The minimum absolute atomic E-state index is 0.208. The highest BCUT2D eigenvalue weighted by atomic mass is 16.2. The summed E-state index contributed by atoms with van der Waals surface area (Å²) in [5, 5.41) is 2.57. The van der Waals surface area contributed by atoms with E-state index in [0.29, 0.717) is 0 Å². The Morgan fingerprint density at radius 2 is 2.17 bits per heavy atom. The van der Waals surface area contributed by atoms with Gasteiger partial charge in [0.1, 0.15) is 6.04 Å². The molecule has 0 aromatic rings. The molecular formula is C7H11N3O2. The molecule has 2 fully saturated rings. The molecule has 2 rings (SSSR count). The molecule has 1 heterocycles. The summed E-state index contributed by atoms with van der Waals surface area (Å²) < 4.78 is 0. The SMILES string of the molecule is CN1C(=O)NC(C2(N)CC2)C1=O. The maximum atomic E-state index is 11.4. The van der Waals surface area contributed by atoms with Gasteiger partial charge in [0.05, 0.1) is 0 Å². The Kier molecular flexibility index (Phi) is 1.24. The van der Waals surface area contributed by atoms with E-state index in [1.165, 1.54) is 7.05 Å². The van der Waals surface area contributed by atoms with Crippen molar-refractivity contribution in [3.05, 3.63) is 0 Å². The highest BCUT2D eigenvalue weighted by molar-refractivity contribution is 6.05. The molecule has 0 aromatic carbocycles. The van der Waals surface area contributed by atoms with Crippen LogP contribution in [0.5, 0.6) is 0 Å². The lowest BCUT2D eigenvalue weighted by Crippen LogP contribution is -2.48. The quantitative estimate of drug-likeness (QED) is 0.496. The predicted molar refractivity (Wildman–Crippen MR) is 41.2 cm³/mol. The molecule has 1 unspecified atom stereocenters. The largest absolute Gasteiger partial charge is 0.324 e. The van der Waals surface area contributed by atoms with Crippen LogP contribution >= 0.6 is 0 Å². The summed E-state index contributed by atoms with van der Waals surface area (Å²) >= 11 is 0. The molecule has 12 heavy (non-hydrogen) atoms. The van der Waals surface area contributed by atoms with Gasteiger partial charge in [-0.15, -0.1) is 0 Å². The van der Waals surface area contributed by atoms with Gasteiger partial charge in [0.15, 0.2) is 0 Å². The van der Waals surface area contributed by atoms with Gasteiger partial charge in [0.25, 0.3) is 5.91 Å². The van der Waals surface area contributed by atoms with Crippen molar-refractivity contribution in [3.63, 3.8) is 0 Å².